The van der Waals surface area contributed by atoms with Gasteiger partial charge in [0.2, 0.25) is 5.91 Å². The number of carbonyl (C=O) groups is 2. The summed E-state index contributed by atoms with van der Waals surface area (Å²) in [5.41, 5.74) is 0.477. The van der Waals surface area contributed by atoms with Gasteiger partial charge in [0.15, 0.2) is 0 Å². The second-order valence-electron chi connectivity index (χ2n) is 6.73. The van der Waals surface area contributed by atoms with E-state index in [1.54, 1.807) is 0 Å². The van der Waals surface area contributed by atoms with Gasteiger partial charge in [0.25, 0.3) is 5.69 Å². The van der Waals surface area contributed by atoms with E-state index < -0.39 is 4.92 Å². The predicted molar refractivity (Wildman–Crippen MR) is 97.7 cm³/mol. The second-order valence-corrected chi connectivity index (χ2v) is 6.73. The highest BCUT2D eigenvalue weighted by Gasteiger charge is 2.33. The number of cyclic esters (lactones) is 1. The first-order chi connectivity index (χ1) is 12.5. The zero-order valence-electron chi connectivity index (χ0n) is 15.1. The van der Waals surface area contributed by atoms with Crippen molar-refractivity contribution in [3.63, 3.8) is 0 Å². The lowest BCUT2D eigenvalue weighted by Crippen LogP contribution is -2.15. The largest absolute Gasteiger partial charge is 0.462 e. The number of rotatable bonds is 10. The number of anilines is 1. The molecule has 1 N–H and O–H groups in total. The monoisotopic (exact) mass is 362 g/mol. The Balaban J connectivity index is 1.71. The zero-order valence-corrected chi connectivity index (χ0v) is 15.1. The van der Waals surface area contributed by atoms with Crippen LogP contribution in [0.5, 0.6) is 0 Å². The Hall–Kier alpha value is -2.44. The highest BCUT2D eigenvalue weighted by Crippen LogP contribution is 2.28. The van der Waals surface area contributed by atoms with Gasteiger partial charge < -0.3 is 10.1 Å². The van der Waals surface area contributed by atoms with Crippen LogP contribution in [-0.4, -0.2) is 22.9 Å². The molecule has 26 heavy (non-hydrogen) atoms. The molecule has 0 saturated carbocycles. The number of nitrogens with zero attached hydrogens (tertiary/aromatic N) is 1. The van der Waals surface area contributed by atoms with Crippen molar-refractivity contribution in [3.05, 3.63) is 34.4 Å². The lowest BCUT2D eigenvalue weighted by atomic mass is 9.96. The molecule has 1 amide bonds. The third-order valence-electron chi connectivity index (χ3n) is 4.62. The van der Waals surface area contributed by atoms with E-state index in [4.69, 9.17) is 4.74 Å². The van der Waals surface area contributed by atoms with Crippen LogP contribution < -0.4 is 5.32 Å². The number of non-ortho nitro benzene ring substituents is 1. The molecule has 2 rings (SSSR count). The van der Waals surface area contributed by atoms with Gasteiger partial charge in [0, 0.05) is 24.2 Å². The normalized spacial score (nSPS) is 19.2. The van der Waals surface area contributed by atoms with E-state index in [0.717, 1.165) is 19.3 Å². The standard InChI is InChI=1S/C19H26N2O5/c1-2-3-4-5-6-17-13-14(19(23)26-17)7-12-18(22)20-15-8-10-16(11-9-15)21(24)25/h8-11,14,17H,2-7,12-13H2,1H3,(H,20,22)/t14-,17-/m0/s1. The molecular formula is C19H26N2O5. The molecule has 0 radical (unpaired) electrons. The van der Waals surface area contributed by atoms with Gasteiger partial charge in [-0.05, 0) is 37.8 Å². The molecule has 1 heterocycles. The van der Waals surface area contributed by atoms with Gasteiger partial charge in [0.05, 0.1) is 10.8 Å². The van der Waals surface area contributed by atoms with Crippen LogP contribution in [0.25, 0.3) is 0 Å². The van der Waals surface area contributed by atoms with Crippen LogP contribution in [0.2, 0.25) is 0 Å². The Bertz CT molecular complexity index is 629. The Morgan fingerprint density at radius 3 is 2.62 bits per heavy atom. The lowest BCUT2D eigenvalue weighted by molar-refractivity contribution is -0.384. The van der Waals surface area contributed by atoms with Crippen LogP contribution in [-0.2, 0) is 14.3 Å². The van der Waals surface area contributed by atoms with E-state index in [1.807, 2.05) is 0 Å². The Labute approximate surface area is 153 Å². The molecule has 1 aromatic rings. The number of nitrogens with one attached hydrogen (secondary N) is 1. The molecule has 7 heteroatoms. The second kappa shape index (κ2) is 9.89. The van der Waals surface area contributed by atoms with Crippen molar-refractivity contribution in [3.8, 4) is 0 Å². The van der Waals surface area contributed by atoms with Gasteiger partial charge in [-0.15, -0.1) is 0 Å². The SMILES string of the molecule is CCCCCC[C@H]1C[C@H](CCC(=O)Nc2ccc([N+](=O)[O-])cc2)C(=O)O1. The van der Waals surface area contributed by atoms with E-state index in [0.29, 0.717) is 18.5 Å². The van der Waals surface area contributed by atoms with Gasteiger partial charge in [-0.25, -0.2) is 0 Å². The molecule has 0 aliphatic carbocycles. The molecule has 1 aromatic carbocycles. The van der Waals surface area contributed by atoms with Crippen molar-refractivity contribution in [1.29, 1.82) is 0 Å². The summed E-state index contributed by atoms with van der Waals surface area (Å²) in [5, 5.41) is 13.3. The summed E-state index contributed by atoms with van der Waals surface area (Å²) in [6, 6.07) is 5.67. The van der Waals surface area contributed by atoms with Crippen LogP contribution in [0.4, 0.5) is 11.4 Å². The number of hydrogen-bond acceptors (Lipinski definition) is 5. The van der Waals surface area contributed by atoms with Crippen LogP contribution in [0.15, 0.2) is 24.3 Å². The van der Waals surface area contributed by atoms with E-state index in [-0.39, 0.29) is 36.0 Å². The fraction of sp³-hybridized carbons (Fsp3) is 0.579. The van der Waals surface area contributed by atoms with Gasteiger partial charge in [-0.3, -0.25) is 19.7 Å². The number of unbranched alkanes of at least 4 members (excludes halogenated alkanes) is 3. The molecule has 142 valence electrons. The number of esters is 1. The van der Waals surface area contributed by atoms with Crippen molar-refractivity contribution >= 4 is 23.3 Å². The van der Waals surface area contributed by atoms with Crippen molar-refractivity contribution in [2.45, 2.75) is 64.4 Å². The fourth-order valence-electron chi connectivity index (χ4n) is 3.13. The van der Waals surface area contributed by atoms with Gasteiger partial charge in [-0.1, -0.05) is 26.2 Å². The zero-order chi connectivity index (χ0) is 18.9. The number of benzene rings is 1. The lowest BCUT2D eigenvalue weighted by Gasteiger charge is -2.08. The Morgan fingerprint density at radius 2 is 1.96 bits per heavy atom. The Kier molecular flexibility index (Phi) is 7.56. The summed E-state index contributed by atoms with van der Waals surface area (Å²) < 4.78 is 5.41. The minimum atomic E-state index is -0.490. The van der Waals surface area contributed by atoms with E-state index in [2.05, 4.69) is 12.2 Å². The van der Waals surface area contributed by atoms with E-state index >= 15 is 0 Å². The number of hydrogen-bond donors (Lipinski definition) is 1. The van der Waals surface area contributed by atoms with Crippen molar-refractivity contribution in [2.24, 2.45) is 5.92 Å². The first kappa shape index (κ1) is 19.9. The summed E-state index contributed by atoms with van der Waals surface area (Å²) in [6.45, 7) is 2.16. The third kappa shape index (κ3) is 6.13. The molecule has 1 fully saturated rings. The molecule has 1 saturated heterocycles. The highest BCUT2D eigenvalue weighted by atomic mass is 16.6. The maximum Gasteiger partial charge on any atom is 0.309 e. The number of ether oxygens (including phenoxy) is 1. The first-order valence-corrected chi connectivity index (χ1v) is 9.24. The first-order valence-electron chi connectivity index (χ1n) is 9.24. The summed E-state index contributed by atoms with van der Waals surface area (Å²) in [7, 11) is 0. The highest BCUT2D eigenvalue weighted by molar-refractivity contribution is 5.91. The summed E-state index contributed by atoms with van der Waals surface area (Å²) in [6.07, 6.45) is 6.87. The van der Waals surface area contributed by atoms with Crippen molar-refractivity contribution in [2.75, 3.05) is 5.32 Å². The van der Waals surface area contributed by atoms with E-state index in [9.17, 15) is 19.7 Å². The van der Waals surface area contributed by atoms with Gasteiger partial charge in [-0.2, -0.15) is 0 Å². The number of amides is 1. The third-order valence-corrected chi connectivity index (χ3v) is 4.62. The molecule has 7 nitrogen and oxygen atoms in total. The van der Waals surface area contributed by atoms with Crippen molar-refractivity contribution in [1.82, 2.24) is 0 Å². The average molecular weight is 362 g/mol. The summed E-state index contributed by atoms with van der Waals surface area (Å²) in [5.74, 6) is -0.625. The van der Waals surface area contributed by atoms with Gasteiger partial charge >= 0.3 is 5.97 Å². The molecule has 1 aliphatic heterocycles. The minimum absolute atomic E-state index is 0.0120. The maximum absolute atomic E-state index is 12.0. The predicted octanol–water partition coefficient (Wildman–Crippen LogP) is 4.22. The molecule has 0 spiro atoms. The minimum Gasteiger partial charge on any atom is -0.462 e. The molecule has 1 aliphatic rings. The average Bonchev–Trinajstić information content (AvgIpc) is 2.97. The molecule has 0 unspecified atom stereocenters. The van der Waals surface area contributed by atoms with Crippen LogP contribution in [0, 0.1) is 16.0 Å². The smallest absolute Gasteiger partial charge is 0.309 e. The van der Waals surface area contributed by atoms with E-state index in [1.165, 1.54) is 37.1 Å². The molecule has 0 aromatic heterocycles. The number of carbonyl (C=O) groups excluding carboxylic acids is 2. The number of nitro groups is 1. The maximum atomic E-state index is 12.0. The molecule has 2 atom stereocenters. The summed E-state index contributed by atoms with van der Waals surface area (Å²) >= 11 is 0. The molecule has 0 bridgehead atoms. The molecular weight excluding hydrogens is 336 g/mol. The van der Waals surface area contributed by atoms with Crippen molar-refractivity contribution < 1.29 is 19.2 Å². The van der Waals surface area contributed by atoms with Crippen LogP contribution in [0.1, 0.15) is 58.3 Å². The number of nitro benzene ring substituents is 1. The van der Waals surface area contributed by atoms with Crippen LogP contribution in [0.3, 0.4) is 0 Å². The van der Waals surface area contributed by atoms with Crippen LogP contribution >= 0.6 is 0 Å². The topological polar surface area (TPSA) is 98.5 Å². The summed E-state index contributed by atoms with van der Waals surface area (Å²) in [4.78, 5) is 34.1. The van der Waals surface area contributed by atoms with Gasteiger partial charge in [0.1, 0.15) is 6.10 Å². The quantitative estimate of drug-likeness (QED) is 0.291. The Morgan fingerprint density at radius 1 is 1.23 bits per heavy atom. The fourth-order valence-corrected chi connectivity index (χ4v) is 3.13.